The van der Waals surface area contributed by atoms with Crippen molar-refractivity contribution in [2.75, 3.05) is 53.1 Å². The van der Waals surface area contributed by atoms with Gasteiger partial charge in [0.25, 0.3) is 0 Å². The number of ether oxygens (including phenoxy) is 5. The first-order chi connectivity index (χ1) is 17.5. The van der Waals surface area contributed by atoms with Gasteiger partial charge in [0.2, 0.25) is 17.6 Å². The van der Waals surface area contributed by atoms with Crippen LogP contribution in [0.15, 0.2) is 36.4 Å². The minimum absolute atomic E-state index is 0.145. The maximum Gasteiger partial charge on any atom is 0.321 e. The van der Waals surface area contributed by atoms with Crippen LogP contribution in [0.3, 0.4) is 0 Å². The van der Waals surface area contributed by atoms with E-state index in [1.54, 1.807) is 31.1 Å². The van der Waals surface area contributed by atoms with E-state index in [1.165, 1.54) is 21.3 Å². The van der Waals surface area contributed by atoms with Crippen LogP contribution in [0.25, 0.3) is 11.0 Å². The van der Waals surface area contributed by atoms with Crippen LogP contribution < -0.4 is 19.1 Å². The predicted molar refractivity (Wildman–Crippen MR) is 133 cm³/mol. The number of fused-ring (bicyclic) bond motifs is 3. The summed E-state index contributed by atoms with van der Waals surface area (Å²) in [6.07, 6.45) is 0.579. The van der Waals surface area contributed by atoms with E-state index in [9.17, 15) is 9.59 Å². The van der Waals surface area contributed by atoms with Gasteiger partial charge in [0.05, 0.1) is 45.0 Å². The predicted octanol–water partition coefficient (Wildman–Crippen LogP) is 3.21. The minimum atomic E-state index is -1.15. The number of benzene rings is 2. The minimum Gasteiger partial charge on any atom is -0.493 e. The Kier molecular flexibility index (Phi) is 7.64. The molecule has 0 radical (unpaired) electrons. The van der Waals surface area contributed by atoms with E-state index >= 15 is 0 Å². The second-order valence-electron chi connectivity index (χ2n) is 8.24. The second kappa shape index (κ2) is 10.9. The van der Waals surface area contributed by atoms with Crippen LogP contribution in [0.2, 0.25) is 0 Å². The Balaban J connectivity index is 2.00. The van der Waals surface area contributed by atoms with Crippen molar-refractivity contribution in [1.82, 2.24) is 9.55 Å². The zero-order valence-electron chi connectivity index (χ0n) is 21.1. The van der Waals surface area contributed by atoms with E-state index < -0.39 is 17.9 Å². The van der Waals surface area contributed by atoms with Gasteiger partial charge in [-0.2, -0.15) is 0 Å². The number of hydrogen-bond acceptors (Lipinski definition) is 8. The molecule has 1 aliphatic rings. The molecule has 0 saturated heterocycles. The van der Waals surface area contributed by atoms with Crippen molar-refractivity contribution in [2.45, 2.75) is 19.4 Å². The summed E-state index contributed by atoms with van der Waals surface area (Å²) in [4.78, 5) is 33.6. The molecule has 3 aromatic rings. The van der Waals surface area contributed by atoms with Crippen LogP contribution in [0.1, 0.15) is 24.9 Å². The monoisotopic (exact) mass is 497 g/mol. The summed E-state index contributed by atoms with van der Waals surface area (Å²) in [5, 5.41) is 0. The Morgan fingerprint density at radius 1 is 1.03 bits per heavy atom. The molecule has 4 rings (SSSR count). The average Bonchev–Trinajstić information content (AvgIpc) is 3.27. The van der Waals surface area contributed by atoms with Gasteiger partial charge < -0.3 is 28.3 Å². The zero-order valence-corrected chi connectivity index (χ0v) is 21.1. The highest BCUT2D eigenvalue weighted by Gasteiger charge is 2.48. The molecule has 2 atom stereocenters. The normalized spacial score (nSPS) is 17.1. The third-order valence-corrected chi connectivity index (χ3v) is 6.24. The van der Waals surface area contributed by atoms with Crippen molar-refractivity contribution in [1.29, 1.82) is 0 Å². The number of imidazole rings is 1. The summed E-state index contributed by atoms with van der Waals surface area (Å²) in [6, 6.07) is 10.3. The van der Waals surface area contributed by atoms with Gasteiger partial charge in [-0.3, -0.25) is 14.5 Å². The summed E-state index contributed by atoms with van der Waals surface area (Å²) in [6.45, 7) is 2.66. The van der Waals surface area contributed by atoms with Crippen molar-refractivity contribution in [3.8, 4) is 17.2 Å². The first-order valence-corrected chi connectivity index (χ1v) is 11.7. The van der Waals surface area contributed by atoms with Crippen LogP contribution in [0.4, 0.5) is 5.95 Å². The molecule has 2 heterocycles. The van der Waals surface area contributed by atoms with E-state index in [2.05, 4.69) is 0 Å². The van der Waals surface area contributed by atoms with E-state index in [1.807, 2.05) is 28.8 Å². The molecule has 1 amide bonds. The molecule has 0 bridgehead atoms. The summed E-state index contributed by atoms with van der Waals surface area (Å²) in [5.41, 5.74) is 2.11. The molecule has 36 heavy (non-hydrogen) atoms. The third-order valence-electron chi connectivity index (χ3n) is 6.24. The smallest absolute Gasteiger partial charge is 0.321 e. The van der Waals surface area contributed by atoms with Gasteiger partial charge in [-0.05, 0) is 43.2 Å². The number of rotatable bonds is 10. The molecule has 0 N–H and O–H groups in total. The lowest BCUT2D eigenvalue weighted by Gasteiger charge is -2.38. The van der Waals surface area contributed by atoms with Crippen molar-refractivity contribution < 1.29 is 33.3 Å². The fourth-order valence-electron chi connectivity index (χ4n) is 4.70. The van der Waals surface area contributed by atoms with E-state index in [0.29, 0.717) is 53.8 Å². The quantitative estimate of drug-likeness (QED) is 0.239. The molecule has 2 unspecified atom stereocenters. The van der Waals surface area contributed by atoms with Crippen molar-refractivity contribution in [2.24, 2.45) is 5.92 Å². The van der Waals surface area contributed by atoms with Gasteiger partial charge in [-0.1, -0.05) is 12.1 Å². The number of para-hydroxylation sites is 2. The second-order valence-corrected chi connectivity index (χ2v) is 8.24. The Bertz CT molecular complexity index is 1230. The number of aromatic nitrogens is 2. The molecule has 0 aliphatic carbocycles. The number of hydrogen-bond donors (Lipinski definition) is 0. The zero-order chi connectivity index (χ0) is 25.8. The highest BCUT2D eigenvalue weighted by molar-refractivity contribution is 6.08. The summed E-state index contributed by atoms with van der Waals surface area (Å²) in [7, 11) is 6.16. The number of anilines is 1. The first-order valence-electron chi connectivity index (χ1n) is 11.7. The van der Waals surface area contributed by atoms with E-state index in [0.717, 1.165) is 5.52 Å². The maximum atomic E-state index is 13.9. The number of carbonyl (C=O) groups is 2. The van der Waals surface area contributed by atoms with Crippen molar-refractivity contribution >= 4 is 28.9 Å². The molecule has 10 nitrogen and oxygen atoms in total. The van der Waals surface area contributed by atoms with Gasteiger partial charge in [0.15, 0.2) is 17.4 Å². The molecular formula is C26H31N3O7. The number of amides is 1. The SMILES string of the molecule is CCOC(=O)C1C(=O)N(CCCOC)c2nc3ccccc3n2C1c1cc(OC)c(OC)c(OC)c1. The summed E-state index contributed by atoms with van der Waals surface area (Å²) in [5.74, 6) is -0.453. The average molecular weight is 498 g/mol. The van der Waals surface area contributed by atoms with Crippen LogP contribution in [0, 0.1) is 5.92 Å². The lowest BCUT2D eigenvalue weighted by atomic mass is 9.89. The molecule has 1 aliphatic heterocycles. The van der Waals surface area contributed by atoms with Crippen LogP contribution in [-0.4, -0.2) is 69.6 Å². The maximum absolute atomic E-state index is 13.9. The molecule has 0 fully saturated rings. The number of carbonyl (C=O) groups excluding carboxylic acids is 2. The molecular weight excluding hydrogens is 466 g/mol. The Morgan fingerprint density at radius 2 is 1.72 bits per heavy atom. The summed E-state index contributed by atoms with van der Waals surface area (Å²) < 4.78 is 29.1. The first kappa shape index (κ1) is 25.3. The fourth-order valence-corrected chi connectivity index (χ4v) is 4.70. The molecule has 2 aromatic carbocycles. The van der Waals surface area contributed by atoms with Crippen LogP contribution >= 0.6 is 0 Å². The van der Waals surface area contributed by atoms with Crippen LogP contribution in [0.5, 0.6) is 17.2 Å². The number of methoxy groups -OCH3 is 4. The Labute approximate surface area is 209 Å². The number of nitrogens with zero attached hydrogens (tertiary/aromatic N) is 3. The van der Waals surface area contributed by atoms with Crippen LogP contribution in [-0.2, 0) is 19.1 Å². The van der Waals surface area contributed by atoms with Crippen molar-refractivity contribution in [3.05, 3.63) is 42.0 Å². The Hall–Kier alpha value is -3.79. The summed E-state index contributed by atoms with van der Waals surface area (Å²) >= 11 is 0. The molecule has 0 saturated carbocycles. The topological polar surface area (TPSA) is 101 Å². The molecule has 192 valence electrons. The molecule has 0 spiro atoms. The number of esters is 1. The van der Waals surface area contributed by atoms with Gasteiger partial charge in [-0.25, -0.2) is 4.98 Å². The lowest BCUT2D eigenvalue weighted by Crippen LogP contribution is -2.50. The Morgan fingerprint density at radius 3 is 2.33 bits per heavy atom. The van der Waals surface area contributed by atoms with Gasteiger partial charge in [-0.15, -0.1) is 0 Å². The fraction of sp³-hybridized carbons (Fsp3) is 0.423. The van der Waals surface area contributed by atoms with Gasteiger partial charge in [0, 0.05) is 20.3 Å². The highest BCUT2D eigenvalue weighted by atomic mass is 16.5. The van der Waals surface area contributed by atoms with E-state index in [-0.39, 0.29) is 12.5 Å². The molecule has 1 aromatic heterocycles. The standard InChI is InChI=1S/C26H31N3O7/c1-6-36-25(31)21-22(16-14-19(33-3)23(35-5)20(15-16)34-4)29-18-11-8-7-10-17(18)27-26(29)28(24(21)30)12-9-13-32-2/h7-8,10-11,14-15,21-22H,6,9,12-13H2,1-5H3. The highest BCUT2D eigenvalue weighted by Crippen LogP contribution is 2.46. The van der Waals surface area contributed by atoms with E-state index in [4.69, 9.17) is 28.7 Å². The van der Waals surface area contributed by atoms with Gasteiger partial charge in [0.1, 0.15) is 0 Å². The largest absolute Gasteiger partial charge is 0.493 e. The van der Waals surface area contributed by atoms with Gasteiger partial charge >= 0.3 is 5.97 Å². The van der Waals surface area contributed by atoms with Crippen molar-refractivity contribution in [3.63, 3.8) is 0 Å². The molecule has 10 heteroatoms. The lowest BCUT2D eigenvalue weighted by molar-refractivity contribution is -0.153. The third kappa shape index (κ3) is 4.32.